The number of hydrogen-bond donors (Lipinski definition) is 2. The van der Waals surface area contributed by atoms with Crippen LogP contribution in [0.1, 0.15) is 19.8 Å². The van der Waals surface area contributed by atoms with Gasteiger partial charge in [-0.25, -0.2) is 0 Å². The van der Waals surface area contributed by atoms with Crippen LogP contribution in [0.5, 0.6) is 0 Å². The first-order valence-electron chi connectivity index (χ1n) is 6.25. The first-order chi connectivity index (χ1) is 8.43. The number of hydrogen-bond acceptors (Lipinski definition) is 5. The quantitative estimate of drug-likeness (QED) is 0.246. The van der Waals surface area contributed by atoms with Crippen LogP contribution in [-0.2, 0) is 0 Å². The first-order valence-corrected chi connectivity index (χ1v) is 7.62. The molecule has 0 aromatic heterocycles. The monoisotopic (exact) mass is 338 g/mol. The van der Waals surface area contributed by atoms with Crippen LogP contribution in [-0.4, -0.2) is 81.5 Å². The number of aliphatic imine (C=N–C) groups is 1. The molecule has 0 aromatic rings. The number of thiol groups is 1. The van der Waals surface area contributed by atoms with E-state index >= 15 is 0 Å². The summed E-state index contributed by atoms with van der Waals surface area (Å²) in [7, 11) is 6.04. The molecule has 1 aliphatic rings. The van der Waals surface area contributed by atoms with Gasteiger partial charge in [0.15, 0.2) is 0 Å². The summed E-state index contributed by atoms with van der Waals surface area (Å²) in [5.74, 6) is 0. The molecule has 1 aliphatic heterocycles. The molecule has 0 amide bonds. The van der Waals surface area contributed by atoms with Gasteiger partial charge >= 0.3 is 124 Å². The van der Waals surface area contributed by atoms with Crippen molar-refractivity contribution in [2.75, 3.05) is 34.2 Å². The Bertz CT molecular complexity index is 287. The molecule has 0 bridgehead atoms. The van der Waals surface area contributed by atoms with E-state index in [1.165, 1.54) is 0 Å². The van der Waals surface area contributed by atoms with Gasteiger partial charge in [0.1, 0.15) is 0 Å². The number of unbranched alkanes of at least 4 members (excludes halogenated alkanes) is 1. The van der Waals surface area contributed by atoms with Gasteiger partial charge in [-0.05, 0) is 0 Å². The Morgan fingerprint density at radius 3 is 2.61 bits per heavy atom. The van der Waals surface area contributed by atoms with Gasteiger partial charge in [0.2, 0.25) is 0 Å². The summed E-state index contributed by atoms with van der Waals surface area (Å²) in [6, 6.07) is 0. The van der Waals surface area contributed by atoms with Crippen LogP contribution in [0.4, 0.5) is 0 Å². The Morgan fingerprint density at radius 1 is 1.44 bits per heavy atom. The van der Waals surface area contributed by atoms with Gasteiger partial charge in [-0.1, -0.05) is 0 Å². The standard InChI is InChI=1S/C11H24N5SSe/c1-9-15(4)13-10(17)16(9)8-6-5-7-12-11(18)14(2)3/h9-10,13,17H,5-8H2,1-4H3. The number of amidine groups is 1. The summed E-state index contributed by atoms with van der Waals surface area (Å²) in [5.41, 5.74) is 3.40. The maximum absolute atomic E-state index is 4.52. The zero-order valence-electron chi connectivity index (χ0n) is 11.6. The van der Waals surface area contributed by atoms with E-state index in [4.69, 9.17) is 0 Å². The molecule has 5 nitrogen and oxygen atoms in total. The molecule has 1 heterocycles. The first kappa shape index (κ1) is 16.3. The second-order valence-electron chi connectivity index (χ2n) is 4.75. The number of nitrogens with zero attached hydrogens (tertiary/aromatic N) is 4. The third-order valence-corrected chi connectivity index (χ3v) is 4.58. The van der Waals surface area contributed by atoms with E-state index < -0.39 is 0 Å². The van der Waals surface area contributed by atoms with Crippen molar-refractivity contribution in [3.05, 3.63) is 0 Å². The summed E-state index contributed by atoms with van der Waals surface area (Å²) < 4.78 is 0.970. The third-order valence-electron chi connectivity index (χ3n) is 3.13. The average Bonchev–Trinajstić information content (AvgIpc) is 2.54. The summed E-state index contributed by atoms with van der Waals surface area (Å²) in [4.78, 5) is 8.80. The van der Waals surface area contributed by atoms with Crippen LogP contribution in [0.15, 0.2) is 4.99 Å². The van der Waals surface area contributed by atoms with Gasteiger partial charge < -0.3 is 0 Å². The molecule has 1 N–H and O–H groups in total. The van der Waals surface area contributed by atoms with Crippen LogP contribution < -0.4 is 5.43 Å². The molecule has 1 fully saturated rings. The third kappa shape index (κ3) is 4.72. The molecular formula is C11H24N5SSe. The van der Waals surface area contributed by atoms with Gasteiger partial charge in [0.25, 0.3) is 0 Å². The van der Waals surface area contributed by atoms with Crippen molar-refractivity contribution in [1.82, 2.24) is 20.2 Å². The predicted molar refractivity (Wildman–Crippen MR) is 80.8 cm³/mol. The average molecular weight is 337 g/mol. The van der Waals surface area contributed by atoms with E-state index in [0.717, 1.165) is 30.7 Å². The Labute approximate surface area is 124 Å². The van der Waals surface area contributed by atoms with Crippen LogP contribution in [0, 0.1) is 0 Å². The van der Waals surface area contributed by atoms with E-state index in [-0.39, 0.29) is 5.50 Å². The van der Waals surface area contributed by atoms with Crippen molar-refractivity contribution in [3.63, 3.8) is 0 Å². The summed E-state index contributed by atoms with van der Waals surface area (Å²) in [5, 5.41) is 2.10. The Hall–Kier alpha value is 0.219. The molecule has 0 saturated carbocycles. The molecule has 18 heavy (non-hydrogen) atoms. The number of rotatable bonds is 5. The number of nitrogens with one attached hydrogen (secondary N) is 1. The van der Waals surface area contributed by atoms with Gasteiger partial charge in [0, 0.05) is 0 Å². The van der Waals surface area contributed by atoms with Crippen LogP contribution in [0.25, 0.3) is 0 Å². The Morgan fingerprint density at radius 2 is 2.11 bits per heavy atom. The molecule has 1 rings (SSSR count). The molecule has 0 aromatic carbocycles. The van der Waals surface area contributed by atoms with E-state index in [1.807, 2.05) is 19.0 Å². The van der Waals surface area contributed by atoms with Crippen LogP contribution in [0.3, 0.4) is 0 Å². The summed E-state index contributed by atoms with van der Waals surface area (Å²) >= 11 is 7.49. The molecule has 1 radical (unpaired) electrons. The summed E-state index contributed by atoms with van der Waals surface area (Å²) in [6.45, 7) is 4.11. The topological polar surface area (TPSA) is 34.1 Å². The van der Waals surface area contributed by atoms with Crippen LogP contribution in [0.2, 0.25) is 0 Å². The molecule has 0 spiro atoms. The predicted octanol–water partition coefficient (Wildman–Crippen LogP) is 0.164. The zero-order valence-corrected chi connectivity index (χ0v) is 14.2. The molecule has 1 saturated heterocycles. The zero-order chi connectivity index (χ0) is 13.7. The fourth-order valence-corrected chi connectivity index (χ4v) is 2.50. The Kier molecular flexibility index (Phi) is 6.98. The van der Waals surface area contributed by atoms with Gasteiger partial charge in [-0.15, -0.1) is 0 Å². The van der Waals surface area contributed by atoms with Gasteiger partial charge in [-0.2, -0.15) is 0 Å². The van der Waals surface area contributed by atoms with Crippen molar-refractivity contribution >= 4 is 33.4 Å². The molecule has 7 heteroatoms. The maximum atomic E-state index is 4.52. The van der Waals surface area contributed by atoms with E-state index in [2.05, 4.69) is 62.9 Å². The minimum atomic E-state index is 0.130. The van der Waals surface area contributed by atoms with Crippen molar-refractivity contribution in [3.8, 4) is 0 Å². The van der Waals surface area contributed by atoms with E-state index in [0.29, 0.717) is 6.17 Å². The summed E-state index contributed by atoms with van der Waals surface area (Å²) in [6.07, 6.45) is 2.64. The molecule has 0 aliphatic carbocycles. The Balaban J connectivity index is 2.20. The van der Waals surface area contributed by atoms with E-state index in [1.54, 1.807) is 0 Å². The van der Waals surface area contributed by atoms with Gasteiger partial charge in [-0.3, -0.25) is 0 Å². The SMILES string of the molecule is CC1N(C)NC(S)N1CCCCN=C([Se])N(C)C. The molecule has 2 unspecified atom stereocenters. The van der Waals surface area contributed by atoms with Crippen molar-refractivity contribution in [2.45, 2.75) is 31.4 Å². The fraction of sp³-hybridized carbons (Fsp3) is 0.909. The second kappa shape index (κ2) is 7.72. The van der Waals surface area contributed by atoms with E-state index in [9.17, 15) is 0 Å². The fourth-order valence-electron chi connectivity index (χ4n) is 1.82. The number of hydrazine groups is 1. The van der Waals surface area contributed by atoms with Gasteiger partial charge in [0.05, 0.1) is 0 Å². The van der Waals surface area contributed by atoms with Crippen molar-refractivity contribution < 1.29 is 0 Å². The van der Waals surface area contributed by atoms with Crippen LogP contribution >= 0.6 is 12.6 Å². The second-order valence-corrected chi connectivity index (χ2v) is 6.00. The van der Waals surface area contributed by atoms with Crippen molar-refractivity contribution in [2.24, 2.45) is 4.99 Å². The molecular weight excluding hydrogens is 313 g/mol. The minimum absolute atomic E-state index is 0.130. The molecule has 2 atom stereocenters. The molecule has 105 valence electrons. The van der Waals surface area contributed by atoms with Crippen molar-refractivity contribution in [1.29, 1.82) is 0 Å². The normalized spacial score (nSPS) is 26.8.